The van der Waals surface area contributed by atoms with E-state index < -0.39 is 0 Å². The zero-order valence-electron chi connectivity index (χ0n) is 10.00. The van der Waals surface area contributed by atoms with Gasteiger partial charge in [0.05, 0.1) is 6.04 Å². The molecule has 94 valence electrons. The highest BCUT2D eigenvalue weighted by molar-refractivity contribution is 5.85. The van der Waals surface area contributed by atoms with Crippen LogP contribution in [0.2, 0.25) is 0 Å². The number of halogens is 1. The molecule has 3 nitrogen and oxygen atoms in total. The summed E-state index contributed by atoms with van der Waals surface area (Å²) in [6, 6.07) is 0.507. The fourth-order valence-electron chi connectivity index (χ4n) is 2.72. The second-order valence-electron chi connectivity index (χ2n) is 5.03. The van der Waals surface area contributed by atoms with E-state index in [0.29, 0.717) is 12.0 Å². The van der Waals surface area contributed by atoms with Crippen LogP contribution in [0.3, 0.4) is 0 Å². The van der Waals surface area contributed by atoms with Crippen molar-refractivity contribution in [3.63, 3.8) is 0 Å². The molecule has 16 heavy (non-hydrogen) atoms. The van der Waals surface area contributed by atoms with Crippen molar-refractivity contribution in [1.29, 1.82) is 0 Å². The van der Waals surface area contributed by atoms with Gasteiger partial charge in [-0.3, -0.25) is 4.79 Å². The lowest BCUT2D eigenvalue weighted by molar-refractivity contribution is -0.124. The van der Waals surface area contributed by atoms with E-state index in [2.05, 4.69) is 17.6 Å². The lowest BCUT2D eigenvalue weighted by Gasteiger charge is -2.30. The van der Waals surface area contributed by atoms with Gasteiger partial charge in [0.1, 0.15) is 0 Å². The van der Waals surface area contributed by atoms with Gasteiger partial charge in [-0.15, -0.1) is 12.4 Å². The molecule has 0 aromatic carbocycles. The summed E-state index contributed by atoms with van der Waals surface area (Å²) >= 11 is 0. The first-order valence-corrected chi connectivity index (χ1v) is 6.31. The fraction of sp³-hybridized carbons (Fsp3) is 0.917. The molecule has 2 unspecified atom stereocenters. The number of carbonyl (C=O) groups is 1. The van der Waals surface area contributed by atoms with Gasteiger partial charge in [-0.25, -0.2) is 0 Å². The molecule has 0 aromatic rings. The summed E-state index contributed by atoms with van der Waals surface area (Å²) in [5.41, 5.74) is 0. The second-order valence-corrected chi connectivity index (χ2v) is 5.03. The number of carbonyl (C=O) groups excluding carboxylic acids is 1. The molecule has 2 fully saturated rings. The van der Waals surface area contributed by atoms with Gasteiger partial charge < -0.3 is 10.6 Å². The Hall–Kier alpha value is -0.280. The Labute approximate surface area is 104 Å². The van der Waals surface area contributed by atoms with Crippen LogP contribution in [0, 0.1) is 5.92 Å². The third kappa shape index (κ3) is 3.36. The largest absolute Gasteiger partial charge is 0.352 e. The van der Waals surface area contributed by atoms with Crippen molar-refractivity contribution in [2.45, 2.75) is 57.5 Å². The van der Waals surface area contributed by atoms with Crippen molar-refractivity contribution >= 4 is 18.3 Å². The average Bonchev–Trinajstić information content (AvgIpc) is 2.74. The minimum atomic E-state index is 0. The van der Waals surface area contributed by atoms with E-state index in [4.69, 9.17) is 0 Å². The van der Waals surface area contributed by atoms with E-state index in [-0.39, 0.29) is 24.4 Å². The maximum atomic E-state index is 11.9. The summed E-state index contributed by atoms with van der Waals surface area (Å²) in [6.07, 6.45) is 7.18. The smallest absolute Gasteiger partial charge is 0.237 e. The molecule has 0 spiro atoms. The highest BCUT2D eigenvalue weighted by atomic mass is 35.5. The molecule has 4 heteroatoms. The van der Waals surface area contributed by atoms with E-state index in [1.165, 1.54) is 25.7 Å². The zero-order chi connectivity index (χ0) is 10.7. The minimum absolute atomic E-state index is 0. The topological polar surface area (TPSA) is 41.1 Å². The van der Waals surface area contributed by atoms with Gasteiger partial charge in [-0.2, -0.15) is 0 Å². The standard InChI is InChI=1S/C12H22N2O.ClH/c1-9-5-2-3-6-10(9)14-12(15)11-7-4-8-13-11;/h9-11,13H,2-8H2,1H3,(H,14,15);1H/t9?,10?,11-;/m0./s1. The number of nitrogens with one attached hydrogen (secondary N) is 2. The molecule has 2 aliphatic rings. The molecule has 1 saturated carbocycles. The molecule has 2 N–H and O–H groups in total. The third-order valence-corrected chi connectivity index (χ3v) is 3.82. The Morgan fingerprint density at radius 1 is 1.19 bits per heavy atom. The van der Waals surface area contributed by atoms with E-state index in [9.17, 15) is 4.79 Å². The van der Waals surface area contributed by atoms with E-state index >= 15 is 0 Å². The average molecular weight is 247 g/mol. The first kappa shape index (κ1) is 13.8. The Balaban J connectivity index is 0.00000128. The maximum Gasteiger partial charge on any atom is 0.237 e. The van der Waals surface area contributed by atoms with E-state index in [1.807, 2.05) is 0 Å². The van der Waals surface area contributed by atoms with Gasteiger partial charge in [-0.05, 0) is 38.1 Å². The molecule has 1 aliphatic heterocycles. The predicted molar refractivity (Wildman–Crippen MR) is 67.8 cm³/mol. The Morgan fingerprint density at radius 2 is 1.94 bits per heavy atom. The van der Waals surface area contributed by atoms with Crippen LogP contribution in [0.15, 0.2) is 0 Å². The van der Waals surface area contributed by atoms with E-state index in [0.717, 1.165) is 19.4 Å². The highest BCUT2D eigenvalue weighted by Crippen LogP contribution is 2.23. The molecule has 1 aliphatic carbocycles. The predicted octanol–water partition coefficient (Wildman–Crippen LogP) is 1.86. The Morgan fingerprint density at radius 3 is 2.56 bits per heavy atom. The molecular weight excluding hydrogens is 224 g/mol. The van der Waals surface area contributed by atoms with Crippen molar-refractivity contribution < 1.29 is 4.79 Å². The molecule has 3 atom stereocenters. The Bertz CT molecular complexity index is 229. The molecule has 1 heterocycles. The van der Waals surface area contributed by atoms with Gasteiger partial charge in [-0.1, -0.05) is 19.8 Å². The quantitative estimate of drug-likeness (QED) is 0.781. The Kier molecular flexibility index (Phi) is 5.56. The SMILES string of the molecule is CC1CCCCC1NC(=O)[C@@H]1CCCN1.Cl. The monoisotopic (exact) mass is 246 g/mol. The number of amides is 1. The molecule has 0 bridgehead atoms. The second kappa shape index (κ2) is 6.45. The lowest BCUT2D eigenvalue weighted by Crippen LogP contribution is -2.48. The number of rotatable bonds is 2. The first-order chi connectivity index (χ1) is 7.27. The molecule has 1 amide bonds. The van der Waals surface area contributed by atoms with Crippen LogP contribution in [0.25, 0.3) is 0 Å². The molecule has 0 aromatic heterocycles. The van der Waals surface area contributed by atoms with Gasteiger partial charge in [0, 0.05) is 6.04 Å². The van der Waals surface area contributed by atoms with Gasteiger partial charge in [0.25, 0.3) is 0 Å². The summed E-state index contributed by atoms with van der Waals surface area (Å²) in [7, 11) is 0. The van der Waals surface area contributed by atoms with Crippen molar-refractivity contribution in [3.05, 3.63) is 0 Å². The van der Waals surface area contributed by atoms with Crippen LogP contribution in [0.4, 0.5) is 0 Å². The van der Waals surface area contributed by atoms with Crippen molar-refractivity contribution in [3.8, 4) is 0 Å². The number of hydrogen-bond donors (Lipinski definition) is 2. The van der Waals surface area contributed by atoms with Crippen LogP contribution in [-0.4, -0.2) is 24.5 Å². The van der Waals surface area contributed by atoms with Crippen molar-refractivity contribution in [1.82, 2.24) is 10.6 Å². The van der Waals surface area contributed by atoms with Crippen LogP contribution in [-0.2, 0) is 4.79 Å². The maximum absolute atomic E-state index is 11.9. The normalized spacial score (nSPS) is 34.2. The first-order valence-electron chi connectivity index (χ1n) is 6.31. The summed E-state index contributed by atoms with van der Waals surface area (Å²) in [4.78, 5) is 11.9. The van der Waals surface area contributed by atoms with E-state index in [1.54, 1.807) is 0 Å². The van der Waals surface area contributed by atoms with Gasteiger partial charge in [0.15, 0.2) is 0 Å². The highest BCUT2D eigenvalue weighted by Gasteiger charge is 2.27. The fourth-order valence-corrected chi connectivity index (χ4v) is 2.72. The summed E-state index contributed by atoms with van der Waals surface area (Å²) < 4.78 is 0. The molecule has 1 saturated heterocycles. The third-order valence-electron chi connectivity index (χ3n) is 3.82. The summed E-state index contributed by atoms with van der Waals surface area (Å²) in [6.45, 7) is 3.25. The minimum Gasteiger partial charge on any atom is -0.352 e. The molecule has 2 rings (SSSR count). The number of hydrogen-bond acceptors (Lipinski definition) is 2. The molecular formula is C12H23ClN2O. The van der Waals surface area contributed by atoms with Gasteiger partial charge >= 0.3 is 0 Å². The summed E-state index contributed by atoms with van der Waals surface area (Å²) in [5, 5.41) is 6.46. The summed E-state index contributed by atoms with van der Waals surface area (Å²) in [5.74, 6) is 0.885. The van der Waals surface area contributed by atoms with Crippen LogP contribution < -0.4 is 10.6 Å². The van der Waals surface area contributed by atoms with Crippen molar-refractivity contribution in [2.75, 3.05) is 6.54 Å². The van der Waals surface area contributed by atoms with Crippen LogP contribution in [0.5, 0.6) is 0 Å². The zero-order valence-corrected chi connectivity index (χ0v) is 10.8. The lowest BCUT2D eigenvalue weighted by atomic mass is 9.86. The van der Waals surface area contributed by atoms with Crippen molar-refractivity contribution in [2.24, 2.45) is 5.92 Å². The van der Waals surface area contributed by atoms with Crippen LogP contribution in [0.1, 0.15) is 45.4 Å². The van der Waals surface area contributed by atoms with Crippen LogP contribution >= 0.6 is 12.4 Å². The van der Waals surface area contributed by atoms with Gasteiger partial charge in [0.2, 0.25) is 5.91 Å². The molecule has 0 radical (unpaired) electrons.